The molecule has 0 bridgehead atoms. The second-order valence-electron chi connectivity index (χ2n) is 8.08. The van der Waals surface area contributed by atoms with Gasteiger partial charge in [0, 0.05) is 0 Å². The normalized spacial score (nSPS) is 19.1. The maximum absolute atomic E-state index is 12.8. The minimum absolute atomic E-state index is 0.124. The van der Waals surface area contributed by atoms with E-state index >= 15 is 0 Å². The Morgan fingerprint density at radius 3 is 2.38 bits per heavy atom. The summed E-state index contributed by atoms with van der Waals surface area (Å²) in [7, 11) is 0.267. The topological polar surface area (TPSA) is 55.8 Å². The fourth-order valence-electron chi connectivity index (χ4n) is 2.60. The van der Waals surface area contributed by atoms with Crippen molar-refractivity contribution >= 4 is 47.6 Å². The van der Waals surface area contributed by atoms with E-state index in [-0.39, 0.29) is 22.7 Å². The Balaban J connectivity index is 2.10. The predicted octanol–water partition coefficient (Wildman–Crippen LogP) is 5.09. The zero-order valence-corrected chi connectivity index (χ0v) is 21.1. The number of carbonyl (C=O) groups is 2. The summed E-state index contributed by atoms with van der Waals surface area (Å²) >= 11 is 5.00. The number of nitrogens with zero attached hydrogens (tertiary/aromatic N) is 1. The number of amides is 1. The molecule has 1 aromatic carbocycles. The van der Waals surface area contributed by atoms with Gasteiger partial charge in [0.2, 0.25) is 5.91 Å². The Morgan fingerprint density at radius 2 is 1.86 bits per heavy atom. The number of carbonyl (C=O) groups excluding carboxylic acids is 2. The number of hydrogen-bond donors (Lipinski definition) is 0. The van der Waals surface area contributed by atoms with Gasteiger partial charge >= 0.3 is 5.97 Å². The fraction of sp³-hybridized carbons (Fsp3) is 0.429. The third-order valence-corrected chi connectivity index (χ3v) is 7.91. The Hall–Kier alpha value is -1.51. The molecule has 8 heteroatoms. The highest BCUT2D eigenvalue weighted by molar-refractivity contribution is 9.10. The van der Waals surface area contributed by atoms with E-state index < -0.39 is 14.0 Å². The summed E-state index contributed by atoms with van der Waals surface area (Å²) in [4.78, 5) is 26.6. The molecule has 1 saturated heterocycles. The van der Waals surface area contributed by atoms with Gasteiger partial charge in [-0.05, 0) is 42.5 Å². The lowest BCUT2D eigenvalue weighted by Gasteiger charge is -2.44. The summed E-state index contributed by atoms with van der Waals surface area (Å²) in [6.45, 7) is 10.5. The first-order valence-electron chi connectivity index (χ1n) is 9.33. The molecule has 0 aromatic heterocycles. The number of thioether (sulfide) groups is 1. The molecule has 2 atom stereocenters. The molecule has 2 rings (SSSR count). The molecule has 1 aliphatic rings. The third-order valence-electron chi connectivity index (χ3n) is 4.20. The highest BCUT2D eigenvalue weighted by Crippen LogP contribution is 2.39. The standard InChI is InChI=1S/C21H28BrNO4SSi/c1-14(2)18(21(25)27-13-15-7-9-16(26-3)10-8-15)23-19(24)17(22)20(23)28-11-12-29(4,5)6/h7-12,17,20H,13H2,1-6H3/b12-11+/t17-,20+/m0/s1. The number of β-lactam (4-membered cyclic amide) rings is 1. The van der Waals surface area contributed by atoms with Crippen LogP contribution in [0, 0.1) is 0 Å². The van der Waals surface area contributed by atoms with Crippen molar-refractivity contribution in [3.05, 3.63) is 52.2 Å². The number of hydrogen-bond acceptors (Lipinski definition) is 5. The van der Waals surface area contributed by atoms with Gasteiger partial charge in [0.25, 0.3) is 0 Å². The molecule has 1 heterocycles. The van der Waals surface area contributed by atoms with E-state index in [1.165, 1.54) is 0 Å². The fourth-order valence-corrected chi connectivity index (χ4v) is 6.13. The molecule has 1 fully saturated rings. The van der Waals surface area contributed by atoms with Crippen LogP contribution in [0.5, 0.6) is 5.75 Å². The van der Waals surface area contributed by atoms with E-state index in [2.05, 4.69) is 46.7 Å². The van der Waals surface area contributed by atoms with Crippen LogP contribution in [0.3, 0.4) is 0 Å². The van der Waals surface area contributed by atoms with E-state index in [9.17, 15) is 9.59 Å². The molecular weight excluding hydrogens is 470 g/mol. The van der Waals surface area contributed by atoms with Gasteiger partial charge in [-0.1, -0.05) is 53.4 Å². The molecule has 1 aliphatic heterocycles. The van der Waals surface area contributed by atoms with Gasteiger partial charge in [-0.3, -0.25) is 9.69 Å². The summed E-state index contributed by atoms with van der Waals surface area (Å²) in [5.41, 5.74) is 4.14. The molecule has 29 heavy (non-hydrogen) atoms. The first-order chi connectivity index (χ1) is 13.5. The summed E-state index contributed by atoms with van der Waals surface area (Å²) in [5.74, 6) is 0.126. The molecule has 0 spiro atoms. The number of rotatable bonds is 8. The molecule has 0 radical (unpaired) electrons. The van der Waals surface area contributed by atoms with Crippen LogP contribution in [-0.4, -0.2) is 42.2 Å². The average Bonchev–Trinajstić information content (AvgIpc) is 2.67. The van der Waals surface area contributed by atoms with Gasteiger partial charge < -0.3 is 9.47 Å². The highest BCUT2D eigenvalue weighted by atomic mass is 79.9. The lowest BCUT2D eigenvalue weighted by Crippen LogP contribution is -2.60. The lowest BCUT2D eigenvalue weighted by atomic mass is 10.1. The van der Waals surface area contributed by atoms with Crippen LogP contribution in [-0.2, 0) is 20.9 Å². The number of esters is 1. The number of ether oxygens (including phenoxy) is 2. The predicted molar refractivity (Wildman–Crippen MR) is 125 cm³/mol. The molecule has 0 N–H and O–H groups in total. The van der Waals surface area contributed by atoms with Crippen molar-refractivity contribution in [2.75, 3.05) is 7.11 Å². The monoisotopic (exact) mass is 497 g/mol. The van der Waals surface area contributed by atoms with Crippen LogP contribution in [0.15, 0.2) is 46.6 Å². The zero-order chi connectivity index (χ0) is 21.8. The minimum Gasteiger partial charge on any atom is -0.497 e. The smallest absolute Gasteiger partial charge is 0.355 e. The van der Waals surface area contributed by atoms with Crippen molar-refractivity contribution in [2.24, 2.45) is 0 Å². The van der Waals surface area contributed by atoms with Crippen LogP contribution in [0.2, 0.25) is 19.6 Å². The molecule has 1 aromatic rings. The van der Waals surface area contributed by atoms with E-state index in [0.717, 1.165) is 16.9 Å². The summed E-state index contributed by atoms with van der Waals surface area (Å²) in [5, 5.41) is 1.88. The second-order valence-corrected chi connectivity index (χ2v) is 15.2. The van der Waals surface area contributed by atoms with Crippen molar-refractivity contribution in [3.63, 3.8) is 0 Å². The highest BCUT2D eigenvalue weighted by Gasteiger charge is 2.49. The third kappa shape index (κ3) is 6.23. The summed E-state index contributed by atoms with van der Waals surface area (Å²) in [6, 6.07) is 7.32. The van der Waals surface area contributed by atoms with Gasteiger partial charge in [-0.25, -0.2) is 4.79 Å². The summed E-state index contributed by atoms with van der Waals surface area (Å²) in [6.07, 6.45) is 0. The Morgan fingerprint density at radius 1 is 1.24 bits per heavy atom. The molecular formula is C21H28BrNO4SSi. The van der Waals surface area contributed by atoms with Crippen LogP contribution in [0.25, 0.3) is 0 Å². The molecule has 0 saturated carbocycles. The summed E-state index contributed by atoms with van der Waals surface area (Å²) < 4.78 is 10.6. The number of methoxy groups -OCH3 is 1. The van der Waals surface area contributed by atoms with Gasteiger partial charge in [-0.15, -0.1) is 11.8 Å². The average molecular weight is 499 g/mol. The molecule has 158 valence electrons. The largest absolute Gasteiger partial charge is 0.497 e. The molecule has 0 aliphatic carbocycles. The quantitative estimate of drug-likeness (QED) is 0.164. The van der Waals surface area contributed by atoms with Crippen molar-refractivity contribution in [3.8, 4) is 5.75 Å². The van der Waals surface area contributed by atoms with E-state index in [1.807, 2.05) is 38.1 Å². The van der Waals surface area contributed by atoms with Crippen molar-refractivity contribution in [1.29, 1.82) is 0 Å². The maximum atomic E-state index is 12.8. The Labute approximate surface area is 186 Å². The number of allylic oxidation sites excluding steroid dienone is 1. The van der Waals surface area contributed by atoms with Crippen LogP contribution < -0.4 is 4.74 Å². The zero-order valence-electron chi connectivity index (χ0n) is 17.7. The Kier molecular flexibility index (Phi) is 8.19. The van der Waals surface area contributed by atoms with Crippen LogP contribution in [0.1, 0.15) is 19.4 Å². The first-order valence-corrected chi connectivity index (χ1v) is 14.8. The van der Waals surface area contributed by atoms with Gasteiger partial charge in [-0.2, -0.15) is 0 Å². The number of halogens is 1. The first kappa shape index (κ1) is 23.8. The number of alkyl halides is 1. The van der Waals surface area contributed by atoms with Gasteiger partial charge in [0.15, 0.2) is 0 Å². The lowest BCUT2D eigenvalue weighted by molar-refractivity contribution is -0.149. The van der Waals surface area contributed by atoms with Crippen molar-refractivity contribution < 1.29 is 19.1 Å². The Bertz CT molecular complexity index is 813. The molecule has 5 nitrogen and oxygen atoms in total. The maximum Gasteiger partial charge on any atom is 0.355 e. The van der Waals surface area contributed by atoms with Gasteiger partial charge in [0.1, 0.15) is 28.3 Å². The van der Waals surface area contributed by atoms with Crippen LogP contribution >= 0.6 is 27.7 Å². The van der Waals surface area contributed by atoms with E-state index in [4.69, 9.17) is 9.47 Å². The van der Waals surface area contributed by atoms with Crippen molar-refractivity contribution in [1.82, 2.24) is 4.90 Å². The van der Waals surface area contributed by atoms with E-state index in [1.54, 1.807) is 23.8 Å². The number of benzene rings is 1. The molecule has 0 unspecified atom stereocenters. The SMILES string of the molecule is COc1ccc(COC(=O)C(=C(C)C)N2C(=O)[C@H](Br)[C@H]2S/C=C/[Si](C)(C)C)cc1. The van der Waals surface area contributed by atoms with Crippen LogP contribution in [0.4, 0.5) is 0 Å². The number of likely N-dealkylation sites (tertiary alicyclic amines) is 1. The van der Waals surface area contributed by atoms with Crippen molar-refractivity contribution in [2.45, 2.75) is 50.3 Å². The van der Waals surface area contributed by atoms with E-state index in [0.29, 0.717) is 5.70 Å². The van der Waals surface area contributed by atoms with Gasteiger partial charge in [0.05, 0.1) is 15.2 Å². The molecule has 1 amide bonds. The second kappa shape index (κ2) is 10.00. The minimum atomic E-state index is -1.33.